The molecule has 4 nitrogen and oxygen atoms in total. The van der Waals surface area contributed by atoms with Crippen LogP contribution in [-0.4, -0.2) is 22.4 Å². The molecule has 0 N–H and O–H groups in total. The molecular formula is C25H14Cl2F4N2O2. The van der Waals surface area contributed by atoms with E-state index in [0.29, 0.717) is 16.5 Å². The molecule has 1 aliphatic rings. The number of carbonyl (C=O) groups is 1. The third-order valence-electron chi connectivity index (χ3n) is 5.88. The summed E-state index contributed by atoms with van der Waals surface area (Å²) in [4.78, 5) is 18.0. The Bertz CT molecular complexity index is 1480. The molecule has 0 saturated carbocycles. The quantitative estimate of drug-likeness (QED) is 0.265. The molecule has 1 aliphatic heterocycles. The first-order chi connectivity index (χ1) is 16.6. The molecule has 3 aromatic carbocycles. The van der Waals surface area contributed by atoms with E-state index >= 15 is 0 Å². The molecule has 35 heavy (non-hydrogen) atoms. The second kappa shape index (κ2) is 8.39. The maximum Gasteiger partial charge on any atom is 0.435 e. The Morgan fingerprint density at radius 2 is 1.69 bits per heavy atom. The van der Waals surface area contributed by atoms with Gasteiger partial charge in [-0.15, -0.1) is 0 Å². The Kier molecular flexibility index (Phi) is 5.61. The lowest BCUT2D eigenvalue weighted by atomic mass is 9.86. The monoisotopic (exact) mass is 520 g/mol. The van der Waals surface area contributed by atoms with Gasteiger partial charge in [-0.25, -0.2) is 4.39 Å². The van der Waals surface area contributed by atoms with Crippen LogP contribution in [0.4, 0.5) is 17.6 Å². The van der Waals surface area contributed by atoms with Crippen molar-refractivity contribution in [3.63, 3.8) is 0 Å². The minimum absolute atomic E-state index is 0.0356. The molecular weight excluding hydrogens is 507 g/mol. The average molecular weight is 521 g/mol. The predicted octanol–water partition coefficient (Wildman–Crippen LogP) is 7.36. The molecule has 178 valence electrons. The fraction of sp³-hybridized carbons (Fsp3) is 0.120. The second-order valence-electron chi connectivity index (χ2n) is 8.03. The van der Waals surface area contributed by atoms with E-state index < -0.39 is 29.9 Å². The first-order valence-electron chi connectivity index (χ1n) is 10.3. The summed E-state index contributed by atoms with van der Waals surface area (Å²) >= 11 is 11.9. The Morgan fingerprint density at radius 1 is 1.00 bits per heavy atom. The van der Waals surface area contributed by atoms with Crippen LogP contribution >= 0.6 is 23.2 Å². The maximum atomic E-state index is 14.2. The van der Waals surface area contributed by atoms with E-state index in [1.165, 1.54) is 59.3 Å². The molecule has 2 heterocycles. The van der Waals surface area contributed by atoms with E-state index in [-0.39, 0.29) is 26.9 Å². The standard InChI is InChI=1S/C25H14Cl2F4N2O2/c26-17-10-16(11-18(27)12-17)24(25(29,30)31)13-21(32-35-24)14-4-6-15(7-5-14)23(34)33-9-8-19-20(28)2-1-3-22(19)33/h1-12H,13H2. The number of rotatable bonds is 3. The number of aromatic nitrogens is 1. The van der Waals surface area contributed by atoms with Crippen LogP contribution in [0.2, 0.25) is 10.0 Å². The number of nitrogens with zero attached hydrogens (tertiary/aromatic N) is 2. The number of alkyl halides is 3. The summed E-state index contributed by atoms with van der Waals surface area (Å²) < 4.78 is 57.8. The lowest BCUT2D eigenvalue weighted by Gasteiger charge is -2.29. The Balaban J connectivity index is 1.43. The van der Waals surface area contributed by atoms with Gasteiger partial charge in [-0.05, 0) is 54.1 Å². The number of carbonyl (C=O) groups excluding carboxylic acids is 1. The molecule has 1 atom stereocenters. The maximum absolute atomic E-state index is 14.2. The van der Waals surface area contributed by atoms with Crippen LogP contribution in [0.15, 0.2) is 78.1 Å². The molecule has 1 aromatic heterocycles. The highest BCUT2D eigenvalue weighted by Gasteiger charge is 2.62. The second-order valence-corrected chi connectivity index (χ2v) is 8.90. The fourth-order valence-electron chi connectivity index (χ4n) is 4.10. The Labute approximate surface area is 206 Å². The molecule has 0 amide bonds. The van der Waals surface area contributed by atoms with Crippen LogP contribution in [-0.2, 0) is 10.4 Å². The van der Waals surface area contributed by atoms with Gasteiger partial charge in [0.05, 0.1) is 11.2 Å². The lowest BCUT2D eigenvalue weighted by molar-refractivity contribution is -0.275. The number of halogens is 6. The molecule has 1 unspecified atom stereocenters. The third kappa shape index (κ3) is 3.96. The van der Waals surface area contributed by atoms with Crippen molar-refractivity contribution in [2.24, 2.45) is 5.16 Å². The number of fused-ring (bicyclic) bond motifs is 1. The molecule has 0 spiro atoms. The van der Waals surface area contributed by atoms with Gasteiger partial charge < -0.3 is 4.84 Å². The first kappa shape index (κ1) is 23.4. The zero-order chi connectivity index (χ0) is 25.0. The molecule has 4 aromatic rings. The molecule has 5 rings (SSSR count). The van der Waals surface area contributed by atoms with Gasteiger partial charge in [-0.3, -0.25) is 9.36 Å². The summed E-state index contributed by atoms with van der Waals surface area (Å²) in [5, 5.41) is 4.09. The topological polar surface area (TPSA) is 43.6 Å². The van der Waals surface area contributed by atoms with Crippen molar-refractivity contribution >= 4 is 45.7 Å². The van der Waals surface area contributed by atoms with E-state index in [9.17, 15) is 22.4 Å². The Morgan fingerprint density at radius 3 is 2.34 bits per heavy atom. The van der Waals surface area contributed by atoms with E-state index in [2.05, 4.69) is 5.16 Å². The highest BCUT2D eigenvalue weighted by Crippen LogP contribution is 2.49. The third-order valence-corrected chi connectivity index (χ3v) is 6.31. The first-order valence-corrected chi connectivity index (χ1v) is 11.0. The molecule has 0 saturated heterocycles. The van der Waals surface area contributed by atoms with Gasteiger partial charge >= 0.3 is 6.18 Å². The van der Waals surface area contributed by atoms with Gasteiger partial charge in [0.15, 0.2) is 0 Å². The summed E-state index contributed by atoms with van der Waals surface area (Å²) in [6.45, 7) is 0. The van der Waals surface area contributed by atoms with Crippen molar-refractivity contribution in [2.75, 3.05) is 0 Å². The van der Waals surface area contributed by atoms with Crippen LogP contribution in [0.3, 0.4) is 0 Å². The van der Waals surface area contributed by atoms with Crippen molar-refractivity contribution in [2.45, 2.75) is 18.2 Å². The van der Waals surface area contributed by atoms with Crippen LogP contribution in [0.1, 0.15) is 27.9 Å². The van der Waals surface area contributed by atoms with Gasteiger partial charge in [0.2, 0.25) is 0 Å². The van der Waals surface area contributed by atoms with E-state index in [0.717, 1.165) is 12.1 Å². The van der Waals surface area contributed by atoms with Gasteiger partial charge in [0.1, 0.15) is 5.82 Å². The SMILES string of the molecule is O=C(c1ccc(C2=NOC(c3cc(Cl)cc(Cl)c3)(C(F)(F)F)C2)cc1)n1ccc2c(F)cccc21. The minimum atomic E-state index is -4.81. The molecule has 0 fully saturated rings. The summed E-state index contributed by atoms with van der Waals surface area (Å²) in [5.41, 5.74) is -1.95. The molecule has 0 radical (unpaired) electrons. The smallest absolute Gasteiger partial charge is 0.374 e. The van der Waals surface area contributed by atoms with E-state index in [1.54, 1.807) is 6.07 Å². The highest BCUT2D eigenvalue weighted by atomic mass is 35.5. The normalized spacial score (nSPS) is 17.9. The zero-order valence-electron chi connectivity index (χ0n) is 17.6. The van der Waals surface area contributed by atoms with Crippen molar-refractivity contribution < 1.29 is 27.2 Å². The van der Waals surface area contributed by atoms with Gasteiger partial charge in [-0.1, -0.05) is 46.6 Å². The minimum Gasteiger partial charge on any atom is -0.374 e. The van der Waals surface area contributed by atoms with E-state index in [1.807, 2.05) is 0 Å². The van der Waals surface area contributed by atoms with Crippen LogP contribution < -0.4 is 0 Å². The number of hydrogen-bond acceptors (Lipinski definition) is 3. The van der Waals surface area contributed by atoms with Gasteiger partial charge in [-0.2, -0.15) is 13.2 Å². The number of oxime groups is 1. The van der Waals surface area contributed by atoms with E-state index in [4.69, 9.17) is 28.0 Å². The zero-order valence-corrected chi connectivity index (χ0v) is 19.1. The van der Waals surface area contributed by atoms with Crippen molar-refractivity contribution in [1.82, 2.24) is 4.57 Å². The molecule has 10 heteroatoms. The Hall–Kier alpha value is -3.36. The van der Waals surface area contributed by atoms with Gasteiger partial charge in [0, 0.05) is 39.2 Å². The summed E-state index contributed by atoms with van der Waals surface area (Å²) in [7, 11) is 0. The van der Waals surface area contributed by atoms with Gasteiger partial charge in [0.25, 0.3) is 11.5 Å². The van der Waals surface area contributed by atoms with Crippen LogP contribution in [0.5, 0.6) is 0 Å². The predicted molar refractivity (Wildman–Crippen MR) is 125 cm³/mol. The van der Waals surface area contributed by atoms with Crippen molar-refractivity contribution in [1.29, 1.82) is 0 Å². The summed E-state index contributed by atoms with van der Waals surface area (Å²) in [6, 6.07) is 15.4. The lowest BCUT2D eigenvalue weighted by Crippen LogP contribution is -2.42. The summed E-state index contributed by atoms with van der Waals surface area (Å²) in [5.74, 6) is -0.863. The summed E-state index contributed by atoms with van der Waals surface area (Å²) in [6.07, 6.45) is -3.96. The largest absolute Gasteiger partial charge is 0.435 e. The van der Waals surface area contributed by atoms with Crippen LogP contribution in [0, 0.1) is 5.82 Å². The highest BCUT2D eigenvalue weighted by molar-refractivity contribution is 6.34. The van der Waals surface area contributed by atoms with Crippen LogP contribution in [0.25, 0.3) is 10.9 Å². The average Bonchev–Trinajstić information content (AvgIpc) is 3.45. The van der Waals surface area contributed by atoms with Crippen molar-refractivity contribution in [3.05, 3.63) is 105 Å². The molecule has 0 aliphatic carbocycles. The fourth-order valence-corrected chi connectivity index (χ4v) is 4.62. The van der Waals surface area contributed by atoms with Crippen molar-refractivity contribution in [3.8, 4) is 0 Å². The number of hydrogen-bond donors (Lipinski definition) is 0. The molecule has 0 bridgehead atoms. The number of benzene rings is 3.